The largest absolute Gasteiger partial charge is 0.480 e. The minimum Gasteiger partial charge on any atom is -0.480 e. The normalized spacial score (nSPS) is 11.4. The number of ether oxygens (including phenoxy) is 1. The van der Waals surface area contributed by atoms with Gasteiger partial charge in [-0.05, 0) is 24.8 Å². The number of nitrogens with one attached hydrogen (secondary N) is 1. The standard InChI is InChI=1S/C16H22N2O7/c19-15(20)14(12-13-8-4-3-5-9-13)17-16(21)24-10-6-1-2-7-11-25-18(22)23/h3-5,8-9,14H,1-2,6-7,10-12H2,(H,17,21)(H,19,20). The zero-order valence-electron chi connectivity index (χ0n) is 13.8. The Hall–Kier alpha value is -2.84. The van der Waals surface area contributed by atoms with Gasteiger partial charge in [-0.25, -0.2) is 9.59 Å². The van der Waals surface area contributed by atoms with Crippen LogP contribution in [0.25, 0.3) is 0 Å². The molecule has 0 heterocycles. The first-order valence-corrected chi connectivity index (χ1v) is 7.96. The van der Waals surface area contributed by atoms with Crippen LogP contribution in [0.4, 0.5) is 4.79 Å². The molecule has 138 valence electrons. The molecule has 0 aliphatic heterocycles. The molecule has 0 saturated heterocycles. The average molecular weight is 354 g/mol. The summed E-state index contributed by atoms with van der Waals surface area (Å²) in [6.07, 6.45) is 1.96. The third kappa shape index (κ3) is 9.80. The van der Waals surface area contributed by atoms with Crippen molar-refractivity contribution in [1.82, 2.24) is 5.32 Å². The molecule has 0 fully saturated rings. The molecular formula is C16H22N2O7. The Labute approximate surface area is 145 Å². The average Bonchev–Trinajstić information content (AvgIpc) is 2.57. The summed E-state index contributed by atoms with van der Waals surface area (Å²) in [5, 5.41) is 20.6. The van der Waals surface area contributed by atoms with E-state index in [0.29, 0.717) is 19.3 Å². The fourth-order valence-corrected chi connectivity index (χ4v) is 2.10. The van der Waals surface area contributed by atoms with Crippen LogP contribution in [-0.2, 0) is 20.8 Å². The highest BCUT2D eigenvalue weighted by Gasteiger charge is 2.20. The predicted molar refractivity (Wildman–Crippen MR) is 87.5 cm³/mol. The first-order valence-electron chi connectivity index (χ1n) is 7.96. The molecule has 2 N–H and O–H groups in total. The first kappa shape index (κ1) is 20.2. The molecule has 0 aliphatic rings. The highest BCUT2D eigenvalue weighted by Crippen LogP contribution is 2.04. The SMILES string of the molecule is O=C(NC(Cc1ccccc1)C(=O)O)OCCCCCCO[N+](=O)[O-]. The number of nitrogens with zero attached hydrogens (tertiary/aromatic N) is 1. The maximum atomic E-state index is 11.7. The number of alkyl carbamates (subject to hydrolysis) is 1. The molecule has 0 radical (unpaired) electrons. The van der Waals surface area contributed by atoms with Gasteiger partial charge in [0.1, 0.15) is 6.04 Å². The number of carbonyl (C=O) groups is 2. The summed E-state index contributed by atoms with van der Waals surface area (Å²) in [7, 11) is 0. The number of amides is 1. The molecule has 1 aromatic rings. The lowest BCUT2D eigenvalue weighted by Gasteiger charge is -2.14. The van der Waals surface area contributed by atoms with Crippen molar-refractivity contribution >= 4 is 12.1 Å². The minimum absolute atomic E-state index is 0.0497. The molecule has 1 amide bonds. The Morgan fingerprint density at radius 1 is 1.12 bits per heavy atom. The van der Waals surface area contributed by atoms with Gasteiger partial charge in [0.2, 0.25) is 0 Å². The smallest absolute Gasteiger partial charge is 0.407 e. The second kappa shape index (κ2) is 11.7. The van der Waals surface area contributed by atoms with Crippen molar-refractivity contribution < 1.29 is 29.4 Å². The zero-order valence-corrected chi connectivity index (χ0v) is 13.8. The Bertz CT molecular complexity index is 551. The van der Waals surface area contributed by atoms with E-state index in [2.05, 4.69) is 10.2 Å². The predicted octanol–water partition coefficient (Wildman–Crippen LogP) is 2.18. The van der Waals surface area contributed by atoms with Gasteiger partial charge in [0, 0.05) is 6.42 Å². The summed E-state index contributed by atoms with van der Waals surface area (Å²) in [5.41, 5.74) is 0.798. The Morgan fingerprint density at radius 2 is 1.76 bits per heavy atom. The number of aliphatic carboxylic acids is 1. The van der Waals surface area contributed by atoms with E-state index < -0.39 is 23.2 Å². The zero-order chi connectivity index (χ0) is 18.5. The molecule has 9 nitrogen and oxygen atoms in total. The van der Waals surface area contributed by atoms with Gasteiger partial charge in [0.05, 0.1) is 13.2 Å². The molecule has 9 heteroatoms. The fraction of sp³-hybridized carbons (Fsp3) is 0.500. The van der Waals surface area contributed by atoms with Crippen molar-refractivity contribution in [3.63, 3.8) is 0 Å². The molecule has 0 aliphatic carbocycles. The van der Waals surface area contributed by atoms with Crippen molar-refractivity contribution in [2.24, 2.45) is 0 Å². The summed E-state index contributed by atoms with van der Waals surface area (Å²) in [6, 6.07) is 7.92. The van der Waals surface area contributed by atoms with Crippen LogP contribution in [-0.4, -0.2) is 41.5 Å². The van der Waals surface area contributed by atoms with Crippen LogP contribution >= 0.6 is 0 Å². The van der Waals surface area contributed by atoms with Crippen LogP contribution in [0.1, 0.15) is 31.2 Å². The number of unbranched alkanes of at least 4 members (excludes halogenated alkanes) is 3. The number of carboxylic acid groups (broad SMARTS) is 1. The van der Waals surface area contributed by atoms with Crippen molar-refractivity contribution in [3.8, 4) is 0 Å². The van der Waals surface area contributed by atoms with Crippen molar-refractivity contribution in [1.29, 1.82) is 0 Å². The summed E-state index contributed by atoms with van der Waals surface area (Å²) in [5.74, 6) is -1.13. The van der Waals surface area contributed by atoms with E-state index in [-0.39, 0.29) is 19.6 Å². The third-order valence-electron chi connectivity index (χ3n) is 3.34. The molecule has 1 unspecified atom stereocenters. The van der Waals surface area contributed by atoms with E-state index in [4.69, 9.17) is 4.74 Å². The fourth-order valence-electron chi connectivity index (χ4n) is 2.10. The lowest BCUT2D eigenvalue weighted by atomic mass is 10.1. The van der Waals surface area contributed by atoms with Crippen molar-refractivity contribution in [3.05, 3.63) is 46.0 Å². The number of carbonyl (C=O) groups excluding carboxylic acids is 1. The number of rotatable bonds is 12. The van der Waals surface area contributed by atoms with Crippen molar-refractivity contribution in [2.75, 3.05) is 13.2 Å². The van der Waals surface area contributed by atoms with E-state index in [9.17, 15) is 24.8 Å². The van der Waals surface area contributed by atoms with E-state index in [1.165, 1.54) is 0 Å². The Morgan fingerprint density at radius 3 is 2.36 bits per heavy atom. The molecule has 1 rings (SSSR count). The van der Waals surface area contributed by atoms with Crippen LogP contribution in [0.2, 0.25) is 0 Å². The molecule has 1 atom stereocenters. The topological polar surface area (TPSA) is 128 Å². The lowest BCUT2D eigenvalue weighted by molar-refractivity contribution is -0.757. The first-order chi connectivity index (χ1) is 12.0. The van der Waals surface area contributed by atoms with Gasteiger partial charge < -0.3 is 20.0 Å². The van der Waals surface area contributed by atoms with E-state index in [0.717, 1.165) is 12.0 Å². The molecule has 0 saturated carbocycles. The molecule has 0 bridgehead atoms. The van der Waals surface area contributed by atoms with Crippen LogP contribution in [0.15, 0.2) is 30.3 Å². The third-order valence-corrected chi connectivity index (χ3v) is 3.34. The van der Waals surface area contributed by atoms with Gasteiger partial charge in [-0.1, -0.05) is 36.8 Å². The highest BCUT2D eigenvalue weighted by molar-refractivity contribution is 5.80. The summed E-state index contributed by atoms with van der Waals surface area (Å²) in [6.45, 7) is 0.202. The lowest BCUT2D eigenvalue weighted by Crippen LogP contribution is -2.42. The minimum atomic E-state index is -1.13. The van der Waals surface area contributed by atoms with Crippen LogP contribution < -0.4 is 5.32 Å². The maximum Gasteiger partial charge on any atom is 0.407 e. The van der Waals surface area contributed by atoms with E-state index >= 15 is 0 Å². The van der Waals surface area contributed by atoms with Crippen molar-refractivity contribution in [2.45, 2.75) is 38.1 Å². The van der Waals surface area contributed by atoms with E-state index in [1.54, 1.807) is 24.3 Å². The quantitative estimate of drug-likeness (QED) is 0.334. The van der Waals surface area contributed by atoms with Gasteiger partial charge in [0.25, 0.3) is 5.09 Å². The number of benzene rings is 1. The van der Waals surface area contributed by atoms with Gasteiger partial charge in [-0.3, -0.25) is 0 Å². The van der Waals surface area contributed by atoms with Crippen LogP contribution in [0.3, 0.4) is 0 Å². The summed E-state index contributed by atoms with van der Waals surface area (Å²) < 4.78 is 4.95. The molecule has 1 aromatic carbocycles. The molecule has 0 spiro atoms. The second-order valence-electron chi connectivity index (χ2n) is 5.33. The number of hydrogen-bond acceptors (Lipinski definition) is 6. The van der Waals surface area contributed by atoms with E-state index in [1.807, 2.05) is 6.07 Å². The molecular weight excluding hydrogens is 332 g/mol. The monoisotopic (exact) mass is 354 g/mol. The number of carboxylic acids is 1. The van der Waals surface area contributed by atoms with Crippen LogP contribution in [0, 0.1) is 10.1 Å². The Kier molecular flexibility index (Phi) is 9.42. The Balaban J connectivity index is 2.18. The van der Waals surface area contributed by atoms with Crippen LogP contribution in [0.5, 0.6) is 0 Å². The molecule has 0 aromatic heterocycles. The molecule has 25 heavy (non-hydrogen) atoms. The van der Waals surface area contributed by atoms with Gasteiger partial charge in [-0.15, -0.1) is 10.1 Å². The number of hydrogen-bond donors (Lipinski definition) is 2. The van der Waals surface area contributed by atoms with Gasteiger partial charge in [0.15, 0.2) is 0 Å². The summed E-state index contributed by atoms with van der Waals surface area (Å²) >= 11 is 0. The highest BCUT2D eigenvalue weighted by atomic mass is 16.9. The maximum absolute atomic E-state index is 11.7. The van der Waals surface area contributed by atoms with Gasteiger partial charge in [-0.2, -0.15) is 0 Å². The van der Waals surface area contributed by atoms with Gasteiger partial charge >= 0.3 is 12.1 Å². The summed E-state index contributed by atoms with van der Waals surface area (Å²) in [4.78, 5) is 37.0. The second-order valence-corrected chi connectivity index (χ2v) is 5.33.